The number of rotatable bonds is 0. The maximum atomic E-state index is 5.99. The molecule has 6 heteroatoms. The maximum Gasteiger partial charge on any atom is 0.225 e. The second-order valence-corrected chi connectivity index (χ2v) is 3.71. The summed E-state index contributed by atoms with van der Waals surface area (Å²) in [4.78, 5) is 7.90. The average molecular weight is 239 g/mol. The summed E-state index contributed by atoms with van der Waals surface area (Å²) in [6, 6.07) is 5.68. The molecule has 3 heterocycles. The van der Waals surface area contributed by atoms with Gasteiger partial charge in [0.15, 0.2) is 5.65 Å². The summed E-state index contributed by atoms with van der Waals surface area (Å²) in [6.45, 7) is 0. The molecule has 0 spiro atoms. The van der Waals surface area contributed by atoms with E-state index in [0.29, 0.717) is 10.8 Å². The fourth-order valence-electron chi connectivity index (χ4n) is 1.51. The Morgan fingerprint density at radius 3 is 2.87 bits per heavy atom. The van der Waals surface area contributed by atoms with Crippen LogP contribution in [0, 0.1) is 0 Å². The molecular formula is C9H4Cl2N4. The summed E-state index contributed by atoms with van der Waals surface area (Å²) in [7, 11) is 0. The molecule has 74 valence electrons. The topological polar surface area (TPSA) is 43.1 Å². The Bertz CT molecular complexity index is 662. The molecule has 0 aliphatic rings. The zero-order chi connectivity index (χ0) is 10.4. The highest BCUT2D eigenvalue weighted by molar-refractivity contribution is 6.36. The SMILES string of the molecule is Clc1nc(Cl)c2c(n1)nn1ccccc21. The molecule has 0 aromatic carbocycles. The van der Waals surface area contributed by atoms with E-state index >= 15 is 0 Å². The van der Waals surface area contributed by atoms with Crippen LogP contribution in [0.25, 0.3) is 16.6 Å². The van der Waals surface area contributed by atoms with Crippen molar-refractivity contribution in [3.8, 4) is 0 Å². The summed E-state index contributed by atoms with van der Waals surface area (Å²) >= 11 is 11.7. The van der Waals surface area contributed by atoms with Crippen molar-refractivity contribution >= 4 is 39.8 Å². The third-order valence-electron chi connectivity index (χ3n) is 2.12. The number of aromatic nitrogens is 4. The Kier molecular flexibility index (Phi) is 1.81. The molecule has 3 aromatic rings. The maximum absolute atomic E-state index is 5.99. The van der Waals surface area contributed by atoms with Crippen molar-refractivity contribution in [3.05, 3.63) is 34.8 Å². The second kappa shape index (κ2) is 3.05. The molecular weight excluding hydrogens is 235 g/mol. The summed E-state index contributed by atoms with van der Waals surface area (Å²) < 4.78 is 1.70. The molecule has 0 N–H and O–H groups in total. The first kappa shape index (κ1) is 8.88. The monoisotopic (exact) mass is 238 g/mol. The van der Waals surface area contributed by atoms with Crippen LogP contribution in [0.3, 0.4) is 0 Å². The summed E-state index contributed by atoms with van der Waals surface area (Å²) in [6.07, 6.45) is 1.82. The van der Waals surface area contributed by atoms with Gasteiger partial charge in [0.25, 0.3) is 0 Å². The van der Waals surface area contributed by atoms with E-state index in [-0.39, 0.29) is 5.28 Å². The van der Waals surface area contributed by atoms with Crippen molar-refractivity contribution in [3.63, 3.8) is 0 Å². The van der Waals surface area contributed by atoms with E-state index in [2.05, 4.69) is 15.1 Å². The lowest BCUT2D eigenvalue weighted by Gasteiger charge is -1.93. The standard InChI is InChI=1S/C9H4Cl2N4/c10-7-6-5-3-1-2-4-15(5)14-8(6)13-9(11)12-7/h1-4H. The normalized spacial score (nSPS) is 11.3. The number of hydrogen-bond donors (Lipinski definition) is 0. The molecule has 0 saturated heterocycles. The quantitative estimate of drug-likeness (QED) is 0.447. The lowest BCUT2D eigenvalue weighted by atomic mass is 10.3. The largest absolute Gasteiger partial charge is 0.238 e. The first-order valence-electron chi connectivity index (χ1n) is 4.22. The van der Waals surface area contributed by atoms with Crippen LogP contribution in [-0.4, -0.2) is 19.6 Å². The van der Waals surface area contributed by atoms with Gasteiger partial charge >= 0.3 is 0 Å². The smallest absolute Gasteiger partial charge is 0.225 e. The number of fused-ring (bicyclic) bond motifs is 3. The van der Waals surface area contributed by atoms with Crippen LogP contribution in [-0.2, 0) is 0 Å². The first-order chi connectivity index (χ1) is 7.25. The molecule has 0 atom stereocenters. The van der Waals surface area contributed by atoms with Gasteiger partial charge in [0.1, 0.15) is 5.15 Å². The van der Waals surface area contributed by atoms with Gasteiger partial charge in [-0.05, 0) is 23.7 Å². The predicted molar refractivity (Wildman–Crippen MR) is 58.3 cm³/mol. The van der Waals surface area contributed by atoms with Gasteiger partial charge in [0, 0.05) is 6.20 Å². The van der Waals surface area contributed by atoms with Crippen LogP contribution in [0.2, 0.25) is 10.4 Å². The molecule has 3 aromatic heterocycles. The third-order valence-corrected chi connectivity index (χ3v) is 2.56. The van der Waals surface area contributed by atoms with Crippen molar-refractivity contribution in [2.24, 2.45) is 0 Å². The van der Waals surface area contributed by atoms with E-state index in [4.69, 9.17) is 23.2 Å². The second-order valence-electron chi connectivity index (χ2n) is 3.01. The van der Waals surface area contributed by atoms with Crippen LogP contribution in [0.5, 0.6) is 0 Å². The van der Waals surface area contributed by atoms with Crippen molar-refractivity contribution < 1.29 is 0 Å². The highest BCUT2D eigenvalue weighted by atomic mass is 35.5. The van der Waals surface area contributed by atoms with Crippen molar-refractivity contribution in [1.82, 2.24) is 19.6 Å². The minimum absolute atomic E-state index is 0.107. The Hall–Kier alpha value is -1.39. The van der Waals surface area contributed by atoms with Crippen LogP contribution in [0.4, 0.5) is 0 Å². The lowest BCUT2D eigenvalue weighted by Crippen LogP contribution is -1.84. The van der Waals surface area contributed by atoms with Crippen LogP contribution < -0.4 is 0 Å². The van der Waals surface area contributed by atoms with Crippen molar-refractivity contribution in [1.29, 1.82) is 0 Å². The number of halogens is 2. The predicted octanol–water partition coefficient (Wildman–Crippen LogP) is 2.58. The van der Waals surface area contributed by atoms with E-state index in [0.717, 1.165) is 10.9 Å². The minimum atomic E-state index is 0.107. The molecule has 0 radical (unpaired) electrons. The molecule has 4 nitrogen and oxygen atoms in total. The fourth-order valence-corrected chi connectivity index (χ4v) is 1.98. The molecule has 0 saturated carbocycles. The van der Waals surface area contributed by atoms with Crippen LogP contribution >= 0.6 is 23.2 Å². The number of hydrogen-bond acceptors (Lipinski definition) is 3. The Labute approximate surface area is 94.5 Å². The van der Waals surface area contributed by atoms with Gasteiger partial charge in [0.2, 0.25) is 5.28 Å². The Morgan fingerprint density at radius 2 is 2.00 bits per heavy atom. The molecule has 0 fully saturated rings. The lowest BCUT2D eigenvalue weighted by molar-refractivity contribution is 0.969. The van der Waals surface area contributed by atoms with Gasteiger partial charge in [-0.3, -0.25) is 0 Å². The highest BCUT2D eigenvalue weighted by Crippen LogP contribution is 2.25. The van der Waals surface area contributed by atoms with Gasteiger partial charge < -0.3 is 0 Å². The van der Waals surface area contributed by atoms with E-state index in [1.165, 1.54) is 0 Å². The van der Waals surface area contributed by atoms with Gasteiger partial charge in [0.05, 0.1) is 10.9 Å². The number of nitrogens with zero attached hydrogens (tertiary/aromatic N) is 4. The summed E-state index contributed by atoms with van der Waals surface area (Å²) in [5, 5.41) is 5.39. The van der Waals surface area contributed by atoms with E-state index < -0.39 is 0 Å². The molecule has 0 aliphatic heterocycles. The molecule has 0 amide bonds. The van der Waals surface area contributed by atoms with Gasteiger partial charge in [-0.15, -0.1) is 5.10 Å². The molecule has 15 heavy (non-hydrogen) atoms. The van der Waals surface area contributed by atoms with Crippen molar-refractivity contribution in [2.45, 2.75) is 0 Å². The van der Waals surface area contributed by atoms with Gasteiger partial charge in [-0.1, -0.05) is 17.7 Å². The number of pyridine rings is 1. The fraction of sp³-hybridized carbons (Fsp3) is 0. The van der Waals surface area contributed by atoms with E-state index in [1.807, 2.05) is 24.4 Å². The zero-order valence-corrected chi connectivity index (χ0v) is 8.87. The highest BCUT2D eigenvalue weighted by Gasteiger charge is 2.11. The zero-order valence-electron chi connectivity index (χ0n) is 7.35. The first-order valence-corrected chi connectivity index (χ1v) is 4.97. The summed E-state index contributed by atoms with van der Waals surface area (Å²) in [5.74, 6) is 0. The molecule has 0 bridgehead atoms. The van der Waals surface area contributed by atoms with Crippen LogP contribution in [0.15, 0.2) is 24.4 Å². The third kappa shape index (κ3) is 1.26. The van der Waals surface area contributed by atoms with Gasteiger partial charge in [-0.2, -0.15) is 4.98 Å². The molecule has 0 aliphatic carbocycles. The van der Waals surface area contributed by atoms with E-state index in [1.54, 1.807) is 4.52 Å². The molecule has 3 rings (SSSR count). The average Bonchev–Trinajstić information content (AvgIpc) is 2.54. The summed E-state index contributed by atoms with van der Waals surface area (Å²) in [5.41, 5.74) is 1.38. The Balaban J connectivity index is 2.61. The minimum Gasteiger partial charge on any atom is -0.238 e. The van der Waals surface area contributed by atoms with Crippen LogP contribution in [0.1, 0.15) is 0 Å². The van der Waals surface area contributed by atoms with Gasteiger partial charge in [-0.25, -0.2) is 9.50 Å². The Morgan fingerprint density at radius 1 is 1.13 bits per heavy atom. The van der Waals surface area contributed by atoms with E-state index in [9.17, 15) is 0 Å². The van der Waals surface area contributed by atoms with Crippen molar-refractivity contribution in [2.75, 3.05) is 0 Å². The molecule has 0 unspecified atom stereocenters.